The molecule has 2 aliphatic heterocycles. The predicted octanol–water partition coefficient (Wildman–Crippen LogP) is 4.64. The van der Waals surface area contributed by atoms with E-state index >= 15 is 0 Å². The average molecular weight is 720 g/mol. The highest BCUT2D eigenvalue weighted by molar-refractivity contribution is 6.45. The smallest absolute Gasteiger partial charge is 0.383 e. The van der Waals surface area contributed by atoms with Crippen molar-refractivity contribution < 1.29 is 32.3 Å². The Kier molecular flexibility index (Phi) is 10.0. The minimum atomic E-state index is -4.73. The first-order chi connectivity index (χ1) is 24.7. The summed E-state index contributed by atoms with van der Waals surface area (Å²) in [5, 5.41) is 20.7. The number of hydrogen-bond donors (Lipinski definition) is 5. The van der Waals surface area contributed by atoms with Crippen LogP contribution in [0.2, 0.25) is 0 Å². The molecule has 3 atom stereocenters. The van der Waals surface area contributed by atoms with Crippen LogP contribution >= 0.6 is 0 Å². The second-order valence-electron chi connectivity index (χ2n) is 13.7. The maximum Gasteiger partial charge on any atom is 0.433 e. The molecule has 3 aromatic rings. The Morgan fingerprint density at radius 2 is 1.75 bits per heavy atom. The number of alkyl halides is 3. The van der Waals surface area contributed by atoms with Crippen LogP contribution in [-0.4, -0.2) is 80.8 Å². The maximum absolute atomic E-state index is 14.2. The molecule has 5 N–H and O–H groups in total. The average Bonchev–Trinajstić information content (AvgIpc) is 3.70. The van der Waals surface area contributed by atoms with Crippen molar-refractivity contribution in [2.75, 3.05) is 35.6 Å². The van der Waals surface area contributed by atoms with Crippen LogP contribution in [0, 0.1) is 24.7 Å². The number of piperidine rings is 1. The fourth-order valence-corrected chi connectivity index (χ4v) is 6.98. The van der Waals surface area contributed by atoms with Crippen molar-refractivity contribution >= 4 is 46.4 Å². The molecule has 16 heteroatoms. The number of aryl methyl sites for hydroxylation is 2. The van der Waals surface area contributed by atoms with Gasteiger partial charge in [0.15, 0.2) is 5.78 Å². The van der Waals surface area contributed by atoms with E-state index in [1.54, 1.807) is 25.4 Å². The van der Waals surface area contributed by atoms with E-state index in [0.29, 0.717) is 59.7 Å². The molecule has 52 heavy (non-hydrogen) atoms. The lowest BCUT2D eigenvalue weighted by molar-refractivity contribution is -0.141. The first-order valence-electron chi connectivity index (χ1n) is 17.1. The summed E-state index contributed by atoms with van der Waals surface area (Å²) in [7, 11) is 0. The predicted molar refractivity (Wildman–Crippen MR) is 187 cm³/mol. The molecule has 3 amide bonds. The van der Waals surface area contributed by atoms with Gasteiger partial charge < -0.3 is 26.2 Å². The molecule has 2 fully saturated rings. The zero-order valence-electron chi connectivity index (χ0n) is 29.0. The molecule has 0 unspecified atom stereocenters. The first kappa shape index (κ1) is 36.4. The number of nitrogens with one attached hydrogen (secondary N) is 5. The largest absolute Gasteiger partial charge is 0.433 e. The van der Waals surface area contributed by atoms with Crippen LogP contribution in [0.15, 0.2) is 36.7 Å². The topological polar surface area (TPSA) is 182 Å². The summed E-state index contributed by atoms with van der Waals surface area (Å²) in [6.45, 7) is 4.97. The Morgan fingerprint density at radius 3 is 2.46 bits per heavy atom. The summed E-state index contributed by atoms with van der Waals surface area (Å²) in [5.41, 5.74) is 0.694. The van der Waals surface area contributed by atoms with Gasteiger partial charge in [-0.25, -0.2) is 15.0 Å². The third kappa shape index (κ3) is 7.60. The molecule has 6 rings (SSSR count). The van der Waals surface area contributed by atoms with Gasteiger partial charge in [-0.2, -0.15) is 13.2 Å². The van der Waals surface area contributed by atoms with E-state index in [0.717, 1.165) is 18.9 Å². The quantitative estimate of drug-likeness (QED) is 0.235. The van der Waals surface area contributed by atoms with E-state index < -0.39 is 47.0 Å². The van der Waals surface area contributed by atoms with Crippen molar-refractivity contribution in [3.63, 3.8) is 0 Å². The number of fused-ring (bicyclic) bond motifs is 1. The van der Waals surface area contributed by atoms with E-state index in [1.807, 2.05) is 6.07 Å². The molecule has 1 aromatic carbocycles. The summed E-state index contributed by atoms with van der Waals surface area (Å²) in [5.74, 6) is -1.49. The lowest BCUT2D eigenvalue weighted by atomic mass is 9.97. The van der Waals surface area contributed by atoms with Crippen LogP contribution in [0.1, 0.15) is 68.1 Å². The van der Waals surface area contributed by atoms with Crippen molar-refractivity contribution in [2.24, 2.45) is 5.41 Å². The minimum absolute atomic E-state index is 0.142. The number of carbonyl (C=O) groups excluding carboxylic acids is 4. The highest BCUT2D eigenvalue weighted by Gasteiger charge is 2.67. The molecular weight excluding hydrogens is 679 g/mol. The number of ketones is 1. The number of Topliss-reactive ketones (excluding diaryl/α,β-unsaturated/α-hetero) is 1. The van der Waals surface area contributed by atoms with Crippen molar-refractivity contribution in [1.82, 2.24) is 25.2 Å². The summed E-state index contributed by atoms with van der Waals surface area (Å²) in [4.78, 5) is 67.0. The van der Waals surface area contributed by atoms with Gasteiger partial charge in [-0.15, -0.1) is 0 Å². The van der Waals surface area contributed by atoms with Crippen molar-refractivity contribution in [3.8, 4) is 11.1 Å². The van der Waals surface area contributed by atoms with Crippen LogP contribution in [0.25, 0.3) is 11.1 Å². The maximum atomic E-state index is 14.2. The van der Waals surface area contributed by atoms with Crippen molar-refractivity contribution in [1.29, 1.82) is 5.41 Å². The zero-order chi connectivity index (χ0) is 37.4. The van der Waals surface area contributed by atoms with Crippen LogP contribution in [0.4, 0.5) is 30.4 Å². The van der Waals surface area contributed by atoms with Gasteiger partial charge in [0.05, 0.1) is 17.9 Å². The number of nitrogens with zero attached hydrogens (tertiary/aromatic N) is 4. The van der Waals surface area contributed by atoms with Crippen molar-refractivity contribution in [3.05, 3.63) is 59.3 Å². The summed E-state index contributed by atoms with van der Waals surface area (Å²) < 4.78 is 40.4. The fourth-order valence-electron chi connectivity index (χ4n) is 6.98. The molecule has 2 bridgehead atoms. The lowest BCUT2D eigenvalue weighted by Gasteiger charge is -2.28. The number of anilines is 3. The van der Waals surface area contributed by atoms with Gasteiger partial charge in [0.25, 0.3) is 0 Å². The van der Waals surface area contributed by atoms with Gasteiger partial charge in [0.1, 0.15) is 29.1 Å². The number of pyridine rings is 1. The van der Waals surface area contributed by atoms with E-state index in [4.69, 9.17) is 5.41 Å². The summed E-state index contributed by atoms with van der Waals surface area (Å²) in [6, 6.07) is 4.07. The second-order valence-corrected chi connectivity index (χ2v) is 13.7. The van der Waals surface area contributed by atoms with E-state index in [9.17, 15) is 32.3 Å². The van der Waals surface area contributed by atoms with Gasteiger partial charge in [-0.1, -0.05) is 12.5 Å². The first-order valence-corrected chi connectivity index (χ1v) is 17.1. The minimum Gasteiger partial charge on any atom is -0.383 e. The highest BCUT2D eigenvalue weighted by Crippen LogP contribution is 2.59. The SMILES string of the molecule is CC(=O)C(=N)c1cc(-c2cnc(C)nc2)cc2c1NCC(=O)N1[C@H](C(=O)Nc3nc(C(F)(F)F)ccc3C)C[C@@]3(CNC(=O)CCCCCN2)C[C@@H]13. The highest BCUT2D eigenvalue weighted by atomic mass is 19.4. The zero-order valence-corrected chi connectivity index (χ0v) is 29.0. The molecule has 274 valence electrons. The Bertz CT molecular complexity index is 1930. The molecule has 13 nitrogen and oxygen atoms in total. The van der Waals surface area contributed by atoms with Crippen molar-refractivity contribution in [2.45, 2.75) is 77.6 Å². The lowest BCUT2D eigenvalue weighted by Crippen LogP contribution is -2.47. The third-order valence-corrected chi connectivity index (χ3v) is 9.96. The van der Waals surface area contributed by atoms with E-state index in [1.165, 1.54) is 24.8 Å². The number of amides is 3. The molecular formula is C36H40F3N9O4. The molecule has 1 saturated carbocycles. The van der Waals surface area contributed by atoms with Crippen LogP contribution in [0.5, 0.6) is 0 Å². The molecule has 1 aliphatic carbocycles. The monoisotopic (exact) mass is 719 g/mol. The van der Waals surface area contributed by atoms with Gasteiger partial charge in [0, 0.05) is 61.4 Å². The number of benzene rings is 1. The summed E-state index contributed by atoms with van der Waals surface area (Å²) >= 11 is 0. The normalized spacial score (nSPS) is 22.2. The molecule has 0 radical (unpaired) electrons. The standard InChI is InChI=1S/C36H40F3N9O4/c1-19-8-9-27(36(37,38)39)46-33(19)47-34(52)26-13-35-14-28(35)48(26)30(51)17-44-32-24(31(40)20(2)49)11-22(23-15-42-21(3)43-16-23)12-25(32)41-10-6-4-5-7-29(50)45-18-35/h8-9,11-12,15-16,26,28,40-41,44H,4-7,10,13-14,17-18H2,1-3H3,(H,45,50)(H,46,47,52)/t26-,28+,35-/m0/s1. The Hall–Kier alpha value is -5.41. The Labute approximate surface area is 298 Å². The van der Waals surface area contributed by atoms with Crippen LogP contribution in [-0.2, 0) is 25.4 Å². The number of hydrogen-bond acceptors (Lipinski definition) is 10. The number of aromatic nitrogens is 3. The number of rotatable bonds is 5. The van der Waals surface area contributed by atoms with Gasteiger partial charge in [-0.05, 0) is 68.9 Å². The molecule has 2 aromatic heterocycles. The van der Waals surface area contributed by atoms with E-state index in [2.05, 4.69) is 36.2 Å². The van der Waals surface area contributed by atoms with E-state index in [-0.39, 0.29) is 42.5 Å². The van der Waals surface area contributed by atoms with Crippen LogP contribution in [0.3, 0.4) is 0 Å². The summed E-state index contributed by atoms with van der Waals surface area (Å²) in [6.07, 6.45) is 1.67. The number of halogens is 3. The molecule has 0 spiro atoms. The Morgan fingerprint density at radius 1 is 1.00 bits per heavy atom. The molecule has 4 heterocycles. The van der Waals surface area contributed by atoms with Gasteiger partial charge >= 0.3 is 6.18 Å². The second kappa shape index (κ2) is 14.3. The fraction of sp³-hybridized carbons (Fsp3) is 0.444. The third-order valence-electron chi connectivity index (χ3n) is 9.96. The molecule has 3 aliphatic rings. The van der Waals surface area contributed by atoms with Gasteiger partial charge in [-0.3, -0.25) is 24.6 Å². The Balaban J connectivity index is 1.35. The number of carbonyl (C=O) groups is 4. The van der Waals surface area contributed by atoms with Gasteiger partial charge in [0.2, 0.25) is 17.7 Å². The van der Waals surface area contributed by atoms with Crippen LogP contribution < -0.4 is 21.3 Å². The molecule has 1 saturated heterocycles.